The number of para-hydroxylation sites is 1. The van der Waals surface area contributed by atoms with Crippen LogP contribution in [0.15, 0.2) is 30.3 Å². The topological polar surface area (TPSA) is 99.5 Å². The highest BCUT2D eigenvalue weighted by atomic mass is 19.1. The molecule has 1 aromatic carbocycles. The second-order valence-electron chi connectivity index (χ2n) is 4.05. The molecule has 3 N–H and O–H groups in total. The number of aliphatic hydroxyl groups excluding tert-OH is 1. The number of nitrogens with one attached hydrogen (secondary N) is 1. The number of hydrogen-bond donors (Lipinski definition) is 3. The van der Waals surface area contributed by atoms with E-state index in [-0.39, 0.29) is 11.2 Å². The van der Waals surface area contributed by atoms with Crippen molar-refractivity contribution in [2.24, 2.45) is 0 Å². The van der Waals surface area contributed by atoms with Gasteiger partial charge in [0, 0.05) is 5.39 Å². The zero-order chi connectivity index (χ0) is 14.7. The lowest BCUT2D eigenvalue weighted by Crippen LogP contribution is -2.43. The molecule has 0 aliphatic carbocycles. The summed E-state index contributed by atoms with van der Waals surface area (Å²) in [5, 5.41) is 20.2. The molecular formula is C13H11FN2O4. The van der Waals surface area contributed by atoms with Gasteiger partial charge in [0.05, 0.1) is 6.61 Å². The van der Waals surface area contributed by atoms with Crippen molar-refractivity contribution in [2.75, 3.05) is 6.61 Å². The fourth-order valence-electron chi connectivity index (χ4n) is 1.66. The first-order chi connectivity index (χ1) is 9.52. The van der Waals surface area contributed by atoms with Gasteiger partial charge in [0.15, 0.2) is 6.04 Å². The van der Waals surface area contributed by atoms with Crippen LogP contribution < -0.4 is 5.32 Å². The van der Waals surface area contributed by atoms with Crippen LogP contribution in [-0.4, -0.2) is 39.7 Å². The van der Waals surface area contributed by atoms with Gasteiger partial charge in [-0.3, -0.25) is 4.79 Å². The van der Waals surface area contributed by atoms with Crippen molar-refractivity contribution >= 4 is 22.8 Å². The van der Waals surface area contributed by atoms with Gasteiger partial charge >= 0.3 is 5.97 Å². The normalized spacial score (nSPS) is 12.1. The van der Waals surface area contributed by atoms with Gasteiger partial charge in [-0.1, -0.05) is 18.2 Å². The highest BCUT2D eigenvalue weighted by molar-refractivity contribution is 5.97. The molecule has 1 unspecified atom stereocenters. The smallest absolute Gasteiger partial charge is 0.328 e. The van der Waals surface area contributed by atoms with Crippen LogP contribution in [0.4, 0.5) is 4.39 Å². The van der Waals surface area contributed by atoms with Crippen LogP contribution in [-0.2, 0) is 4.79 Å². The first kappa shape index (κ1) is 13.9. The molecule has 1 heterocycles. The largest absolute Gasteiger partial charge is 0.480 e. The maximum absolute atomic E-state index is 13.6. The number of pyridine rings is 1. The first-order valence-corrected chi connectivity index (χ1v) is 5.72. The maximum atomic E-state index is 13.6. The molecule has 1 atom stereocenters. The summed E-state index contributed by atoms with van der Waals surface area (Å²) in [5.74, 6) is -2.74. The molecule has 0 saturated carbocycles. The molecule has 20 heavy (non-hydrogen) atoms. The molecular weight excluding hydrogens is 267 g/mol. The van der Waals surface area contributed by atoms with Gasteiger partial charge in [0.2, 0.25) is 0 Å². The second-order valence-corrected chi connectivity index (χ2v) is 4.05. The molecule has 2 rings (SSSR count). The molecule has 0 aliphatic rings. The van der Waals surface area contributed by atoms with E-state index < -0.39 is 30.3 Å². The molecule has 1 aromatic heterocycles. The molecule has 0 bridgehead atoms. The van der Waals surface area contributed by atoms with E-state index in [0.29, 0.717) is 5.39 Å². The van der Waals surface area contributed by atoms with Crippen LogP contribution >= 0.6 is 0 Å². The number of amides is 1. The van der Waals surface area contributed by atoms with Gasteiger partial charge in [-0.25, -0.2) is 14.2 Å². The highest BCUT2D eigenvalue weighted by Crippen LogP contribution is 2.15. The fourth-order valence-corrected chi connectivity index (χ4v) is 1.66. The van der Waals surface area contributed by atoms with E-state index in [0.717, 1.165) is 0 Å². The Kier molecular flexibility index (Phi) is 3.90. The minimum atomic E-state index is -1.43. The predicted molar refractivity (Wildman–Crippen MR) is 67.7 cm³/mol. The van der Waals surface area contributed by atoms with E-state index in [1.54, 1.807) is 6.07 Å². The van der Waals surface area contributed by atoms with Crippen molar-refractivity contribution in [2.45, 2.75) is 6.04 Å². The van der Waals surface area contributed by atoms with E-state index in [1.807, 2.05) is 0 Å². The van der Waals surface area contributed by atoms with Gasteiger partial charge in [-0.2, -0.15) is 0 Å². The van der Waals surface area contributed by atoms with Crippen molar-refractivity contribution in [3.05, 3.63) is 41.8 Å². The summed E-state index contributed by atoms with van der Waals surface area (Å²) in [6, 6.07) is 5.81. The van der Waals surface area contributed by atoms with Crippen LogP contribution in [0.3, 0.4) is 0 Å². The zero-order valence-electron chi connectivity index (χ0n) is 10.2. The number of rotatable bonds is 4. The second kappa shape index (κ2) is 5.62. The maximum Gasteiger partial charge on any atom is 0.328 e. The molecule has 2 aromatic rings. The summed E-state index contributed by atoms with van der Waals surface area (Å²) < 4.78 is 13.6. The van der Waals surface area contributed by atoms with Crippen LogP contribution in [0.2, 0.25) is 0 Å². The minimum absolute atomic E-state index is 0.0241. The van der Waals surface area contributed by atoms with Gasteiger partial charge in [-0.15, -0.1) is 0 Å². The van der Waals surface area contributed by atoms with Crippen LogP contribution in [0, 0.1) is 5.82 Å². The number of carbonyl (C=O) groups excluding carboxylic acids is 1. The average Bonchev–Trinajstić information content (AvgIpc) is 2.44. The number of aliphatic hydroxyl groups is 1. The van der Waals surface area contributed by atoms with Crippen molar-refractivity contribution < 1.29 is 24.2 Å². The molecule has 0 radical (unpaired) electrons. The molecule has 104 valence electrons. The van der Waals surface area contributed by atoms with Gasteiger partial charge in [0.25, 0.3) is 5.91 Å². The Balaban J connectivity index is 2.31. The number of halogens is 1. The lowest BCUT2D eigenvalue weighted by atomic mass is 10.2. The summed E-state index contributed by atoms with van der Waals surface area (Å²) in [7, 11) is 0. The highest BCUT2D eigenvalue weighted by Gasteiger charge is 2.20. The SMILES string of the molecule is O=C(NC(CO)C(=O)O)c1ccc2cccc(F)c2n1. The molecule has 0 saturated heterocycles. The monoisotopic (exact) mass is 278 g/mol. The number of aliphatic carboxylic acids is 1. The third kappa shape index (κ3) is 2.72. The van der Waals surface area contributed by atoms with Crippen molar-refractivity contribution in [1.29, 1.82) is 0 Å². The first-order valence-electron chi connectivity index (χ1n) is 5.72. The summed E-state index contributed by atoms with van der Waals surface area (Å²) in [5.41, 5.74) is -0.0988. The predicted octanol–water partition coefficient (Wildman–Crippen LogP) is 0.549. The molecule has 0 spiro atoms. The van der Waals surface area contributed by atoms with E-state index in [9.17, 15) is 14.0 Å². The van der Waals surface area contributed by atoms with Gasteiger partial charge in [0.1, 0.15) is 17.0 Å². The Labute approximate surface area is 112 Å². The number of carbonyl (C=O) groups is 2. The Morgan fingerprint density at radius 1 is 1.30 bits per heavy atom. The summed E-state index contributed by atoms with van der Waals surface area (Å²) >= 11 is 0. The molecule has 7 heteroatoms. The van der Waals surface area contributed by atoms with E-state index in [4.69, 9.17) is 10.2 Å². The quantitative estimate of drug-likeness (QED) is 0.758. The van der Waals surface area contributed by atoms with Crippen LogP contribution in [0.25, 0.3) is 10.9 Å². The average molecular weight is 278 g/mol. The van der Waals surface area contributed by atoms with Crippen molar-refractivity contribution in [1.82, 2.24) is 10.3 Å². The Hall–Kier alpha value is -2.54. The molecule has 6 nitrogen and oxygen atoms in total. The number of carboxylic acids is 1. The third-order valence-corrected chi connectivity index (χ3v) is 2.69. The van der Waals surface area contributed by atoms with Crippen molar-refractivity contribution in [3.63, 3.8) is 0 Å². The van der Waals surface area contributed by atoms with E-state index >= 15 is 0 Å². The number of fused-ring (bicyclic) bond motifs is 1. The Bertz CT molecular complexity index is 674. The summed E-state index contributed by atoms with van der Waals surface area (Å²) in [6.45, 7) is -0.747. The summed E-state index contributed by atoms with van der Waals surface area (Å²) in [6.07, 6.45) is 0. The minimum Gasteiger partial charge on any atom is -0.480 e. The van der Waals surface area contributed by atoms with Gasteiger partial charge in [-0.05, 0) is 12.1 Å². The number of nitrogens with zero attached hydrogens (tertiary/aromatic N) is 1. The Morgan fingerprint density at radius 2 is 2.05 bits per heavy atom. The lowest BCUT2D eigenvalue weighted by Gasteiger charge is -2.11. The van der Waals surface area contributed by atoms with E-state index in [1.165, 1.54) is 24.3 Å². The molecule has 0 aliphatic heterocycles. The van der Waals surface area contributed by atoms with Crippen molar-refractivity contribution in [3.8, 4) is 0 Å². The van der Waals surface area contributed by atoms with Gasteiger partial charge < -0.3 is 15.5 Å². The lowest BCUT2D eigenvalue weighted by molar-refractivity contribution is -0.140. The third-order valence-electron chi connectivity index (χ3n) is 2.69. The summed E-state index contributed by atoms with van der Waals surface area (Å²) in [4.78, 5) is 26.4. The molecule has 1 amide bonds. The number of aromatic nitrogens is 1. The Morgan fingerprint density at radius 3 is 2.70 bits per heavy atom. The standard InChI is InChI=1S/C13H11FN2O4/c14-8-3-1-2-7-4-5-9(15-11(7)8)12(18)16-10(6-17)13(19)20/h1-5,10,17H,6H2,(H,16,18)(H,19,20). The number of carboxylic acid groups (broad SMARTS) is 1. The van der Waals surface area contributed by atoms with Crippen LogP contribution in [0.1, 0.15) is 10.5 Å². The van der Waals surface area contributed by atoms with Crippen LogP contribution in [0.5, 0.6) is 0 Å². The molecule has 0 fully saturated rings. The number of benzene rings is 1. The number of hydrogen-bond acceptors (Lipinski definition) is 4. The fraction of sp³-hybridized carbons (Fsp3) is 0.154. The zero-order valence-corrected chi connectivity index (χ0v) is 10.2. The van der Waals surface area contributed by atoms with E-state index in [2.05, 4.69) is 10.3 Å².